The summed E-state index contributed by atoms with van der Waals surface area (Å²) in [6.07, 6.45) is 8.04. The van der Waals surface area contributed by atoms with Crippen molar-refractivity contribution in [3.8, 4) is 0 Å². The molecule has 1 nitrogen and oxygen atoms in total. The maximum absolute atomic E-state index is 6.08. The van der Waals surface area contributed by atoms with E-state index in [1.165, 1.54) is 47.4 Å². The first-order valence-electron chi connectivity index (χ1n) is 6.32. The number of hydrogen-bond donors (Lipinski definition) is 0. The molecule has 0 N–H and O–H groups in total. The van der Waals surface area contributed by atoms with E-state index in [2.05, 4.69) is 20.8 Å². The molecule has 0 spiro atoms. The van der Waals surface area contributed by atoms with Crippen molar-refractivity contribution in [1.82, 2.24) is 0 Å². The van der Waals surface area contributed by atoms with Crippen molar-refractivity contribution in [1.29, 1.82) is 0 Å². The third-order valence-electron chi connectivity index (χ3n) is 2.42. The minimum absolute atomic E-state index is 1.05. The van der Waals surface area contributed by atoms with Gasteiger partial charge in [-0.25, -0.2) is 0 Å². The Morgan fingerprint density at radius 1 is 0.786 bits per heavy atom. The van der Waals surface area contributed by atoms with Crippen LogP contribution in [0, 0.1) is 0 Å². The zero-order valence-electron chi connectivity index (χ0n) is 10.3. The summed E-state index contributed by atoms with van der Waals surface area (Å²) in [5, 5.41) is 0. The molecule has 0 unspecified atom stereocenters. The van der Waals surface area contributed by atoms with Crippen LogP contribution >= 0.6 is 0 Å². The van der Waals surface area contributed by atoms with E-state index < -0.39 is 20.2 Å². The van der Waals surface area contributed by atoms with Gasteiger partial charge in [0.15, 0.2) is 0 Å². The molecule has 0 aliphatic rings. The van der Waals surface area contributed by atoms with Crippen LogP contribution in [0.1, 0.15) is 59.3 Å². The van der Waals surface area contributed by atoms with Crippen molar-refractivity contribution in [2.75, 3.05) is 6.61 Å². The third-order valence-corrected chi connectivity index (χ3v) is 9.37. The molecule has 0 amide bonds. The maximum atomic E-state index is 6.08. The van der Waals surface area contributed by atoms with Crippen molar-refractivity contribution in [3.63, 3.8) is 0 Å². The Hall–Kier alpha value is 0.759. The zero-order chi connectivity index (χ0) is 10.6. The summed E-state index contributed by atoms with van der Waals surface area (Å²) in [5.74, 6) is 0. The van der Waals surface area contributed by atoms with E-state index in [0.717, 1.165) is 6.61 Å². The van der Waals surface area contributed by atoms with Gasteiger partial charge in [-0.3, -0.25) is 0 Å². The third kappa shape index (κ3) is 9.32. The molecule has 2 heteroatoms. The fraction of sp³-hybridized carbons (Fsp3) is 1.00. The van der Waals surface area contributed by atoms with E-state index in [1.54, 1.807) is 0 Å². The standard InChI is InChI=1S/C4H9O.2C4H9.Sn/c1-2-3-4-5;2*1-3-4-2;/h2-4H2,1H3;2*1,3-4H2,2H3;/q-1;;;+1. The van der Waals surface area contributed by atoms with Crippen LogP contribution < -0.4 is 0 Å². The van der Waals surface area contributed by atoms with Gasteiger partial charge in [0.2, 0.25) is 0 Å². The molecule has 0 aliphatic heterocycles. The molecular weight excluding hydrogens is 279 g/mol. The molecule has 0 rings (SSSR count). The second-order valence-electron chi connectivity index (χ2n) is 3.95. The second-order valence-corrected chi connectivity index (χ2v) is 10.7. The molecule has 14 heavy (non-hydrogen) atoms. The Morgan fingerprint density at radius 3 is 1.71 bits per heavy atom. The summed E-state index contributed by atoms with van der Waals surface area (Å²) in [6.45, 7) is 7.86. The Bertz CT molecular complexity index is 98.5. The van der Waals surface area contributed by atoms with Crippen LogP contribution in [-0.2, 0) is 3.07 Å². The average molecular weight is 306 g/mol. The van der Waals surface area contributed by atoms with E-state index in [9.17, 15) is 0 Å². The van der Waals surface area contributed by atoms with E-state index >= 15 is 0 Å². The summed E-state index contributed by atoms with van der Waals surface area (Å²) in [6, 6.07) is 0. The molecule has 0 aromatic rings. The molecule has 0 saturated carbocycles. The van der Waals surface area contributed by atoms with Crippen LogP contribution in [0.15, 0.2) is 0 Å². The number of rotatable bonds is 10. The predicted molar refractivity (Wildman–Crippen MR) is 66.0 cm³/mol. The quantitative estimate of drug-likeness (QED) is 0.429. The van der Waals surface area contributed by atoms with E-state index in [0.29, 0.717) is 0 Å². The first-order chi connectivity index (χ1) is 6.85. The molecule has 0 saturated heterocycles. The Kier molecular flexibility index (Phi) is 12.5. The van der Waals surface area contributed by atoms with Gasteiger partial charge in [0.1, 0.15) is 0 Å². The van der Waals surface area contributed by atoms with Crippen LogP contribution in [0.3, 0.4) is 0 Å². The van der Waals surface area contributed by atoms with Crippen LogP contribution in [0.25, 0.3) is 0 Å². The SMILES string of the molecule is CCCC[O][Sn]([CH2]CCC)[CH2]CCC. The van der Waals surface area contributed by atoms with E-state index in [4.69, 9.17) is 3.07 Å². The fourth-order valence-electron chi connectivity index (χ4n) is 1.38. The summed E-state index contributed by atoms with van der Waals surface area (Å²) in [7, 11) is 0. The van der Waals surface area contributed by atoms with Crippen molar-refractivity contribution in [3.05, 3.63) is 0 Å². The second kappa shape index (κ2) is 11.8. The monoisotopic (exact) mass is 307 g/mol. The number of hydrogen-bond acceptors (Lipinski definition) is 1. The minimum atomic E-state index is -1.36. The summed E-state index contributed by atoms with van der Waals surface area (Å²) in [4.78, 5) is 0. The Labute approximate surface area is 97.9 Å². The normalized spacial score (nSPS) is 11.1. The predicted octanol–water partition coefficient (Wildman–Crippen LogP) is 4.39. The molecule has 0 aliphatic carbocycles. The van der Waals surface area contributed by atoms with Gasteiger partial charge in [0, 0.05) is 0 Å². The molecule has 0 heterocycles. The zero-order valence-corrected chi connectivity index (χ0v) is 13.1. The average Bonchev–Trinajstić information content (AvgIpc) is 2.21. The molecule has 1 radical (unpaired) electrons. The van der Waals surface area contributed by atoms with Crippen molar-refractivity contribution in [2.24, 2.45) is 0 Å². The topological polar surface area (TPSA) is 9.23 Å². The number of unbranched alkanes of at least 4 members (excludes halogenated alkanes) is 3. The summed E-state index contributed by atoms with van der Waals surface area (Å²) < 4.78 is 9.00. The van der Waals surface area contributed by atoms with Crippen molar-refractivity contribution < 1.29 is 3.07 Å². The van der Waals surface area contributed by atoms with Gasteiger partial charge >= 0.3 is 98.0 Å². The van der Waals surface area contributed by atoms with Gasteiger partial charge in [0.05, 0.1) is 0 Å². The molecule has 0 fully saturated rings. The van der Waals surface area contributed by atoms with Gasteiger partial charge in [-0.2, -0.15) is 0 Å². The molecular formula is C12H27OSn. The van der Waals surface area contributed by atoms with Gasteiger partial charge in [-0.05, 0) is 0 Å². The van der Waals surface area contributed by atoms with E-state index in [-0.39, 0.29) is 0 Å². The fourth-order valence-corrected chi connectivity index (χ4v) is 8.42. The molecule has 0 bridgehead atoms. The van der Waals surface area contributed by atoms with Gasteiger partial charge in [-0.1, -0.05) is 0 Å². The first kappa shape index (κ1) is 14.8. The molecule has 85 valence electrons. The van der Waals surface area contributed by atoms with Gasteiger partial charge in [-0.15, -0.1) is 0 Å². The van der Waals surface area contributed by atoms with Crippen LogP contribution in [-0.4, -0.2) is 26.8 Å². The van der Waals surface area contributed by atoms with Gasteiger partial charge in [0.25, 0.3) is 0 Å². The van der Waals surface area contributed by atoms with Crippen LogP contribution in [0.5, 0.6) is 0 Å². The van der Waals surface area contributed by atoms with Gasteiger partial charge < -0.3 is 0 Å². The molecule has 0 aromatic carbocycles. The van der Waals surface area contributed by atoms with Crippen LogP contribution in [0.2, 0.25) is 8.87 Å². The van der Waals surface area contributed by atoms with E-state index in [1.807, 2.05) is 0 Å². The summed E-state index contributed by atoms with van der Waals surface area (Å²) >= 11 is -1.36. The van der Waals surface area contributed by atoms with Crippen molar-refractivity contribution in [2.45, 2.75) is 68.2 Å². The molecule has 0 aromatic heterocycles. The molecule has 0 atom stereocenters. The van der Waals surface area contributed by atoms with Crippen LogP contribution in [0.4, 0.5) is 0 Å². The first-order valence-corrected chi connectivity index (χ1v) is 11.5. The Morgan fingerprint density at radius 2 is 1.29 bits per heavy atom. The summed E-state index contributed by atoms with van der Waals surface area (Å²) in [5.41, 5.74) is 0. The Balaban J connectivity index is 3.49. The van der Waals surface area contributed by atoms with Crippen molar-refractivity contribution >= 4 is 20.2 Å².